The molecule has 0 unspecified atom stereocenters. The normalized spacial score (nSPS) is 43.5. The van der Waals surface area contributed by atoms with Crippen LogP contribution in [0.3, 0.4) is 0 Å². The minimum Gasteiger partial charge on any atom is -0.454 e. The third kappa shape index (κ3) is 4.58. The molecule has 0 spiro atoms. The Labute approximate surface area is 234 Å². The largest absolute Gasteiger partial charge is 0.454 e. The van der Waals surface area contributed by atoms with Gasteiger partial charge in [-0.3, -0.25) is 4.79 Å². The van der Waals surface area contributed by atoms with Crippen LogP contribution in [0.4, 0.5) is 0 Å². The van der Waals surface area contributed by atoms with Crippen molar-refractivity contribution in [2.24, 2.45) is 16.2 Å². The fraction of sp³-hybridized carbons (Fsp3) is 0.700. The van der Waals surface area contributed by atoms with Crippen molar-refractivity contribution in [3.8, 4) is 0 Å². The highest BCUT2D eigenvalue weighted by atomic mass is 16.7. The fourth-order valence-electron chi connectivity index (χ4n) is 7.55. The number of rotatable bonds is 7. The monoisotopic (exact) mass is 562 g/mol. The first-order valence-corrected chi connectivity index (χ1v) is 13.9. The van der Waals surface area contributed by atoms with E-state index in [1.165, 1.54) is 18.6 Å². The molecule has 0 aromatic carbocycles. The second kappa shape index (κ2) is 10.8. The minimum atomic E-state index is -1.71. The van der Waals surface area contributed by atoms with E-state index in [0.29, 0.717) is 32.1 Å². The molecule has 0 aromatic rings. The molecular weight excluding hydrogens is 520 g/mol. The molecule has 10 heteroatoms. The number of aliphatic hydroxyl groups is 4. The highest BCUT2D eigenvalue weighted by molar-refractivity contribution is 5.88. The number of ether oxygens (including phenoxy) is 3. The summed E-state index contributed by atoms with van der Waals surface area (Å²) in [6, 6.07) is 0. The predicted octanol–water partition coefficient (Wildman–Crippen LogP) is 2.03. The number of ketones is 1. The number of allylic oxidation sites excluding steroid dienone is 4. The van der Waals surface area contributed by atoms with E-state index in [2.05, 4.69) is 19.9 Å². The van der Waals surface area contributed by atoms with E-state index in [1.807, 2.05) is 6.92 Å². The van der Waals surface area contributed by atoms with Crippen LogP contribution in [-0.2, 0) is 28.6 Å². The summed E-state index contributed by atoms with van der Waals surface area (Å²) >= 11 is 0. The Balaban J connectivity index is 1.58. The summed E-state index contributed by atoms with van der Waals surface area (Å²) < 4.78 is 16.7. The average Bonchev–Trinajstić information content (AvgIpc) is 2.98. The maximum absolute atomic E-state index is 13.8. The van der Waals surface area contributed by atoms with Gasteiger partial charge in [0.25, 0.3) is 0 Å². The number of cyclic esters (lactones) is 1. The fourth-order valence-corrected chi connectivity index (χ4v) is 7.55. The molecule has 4 aliphatic rings. The zero-order chi connectivity index (χ0) is 29.7. The van der Waals surface area contributed by atoms with Gasteiger partial charge in [0.2, 0.25) is 6.29 Å². The molecule has 10 nitrogen and oxygen atoms in total. The number of esters is 2. The van der Waals surface area contributed by atoms with Crippen LogP contribution in [0, 0.1) is 16.2 Å². The third-order valence-corrected chi connectivity index (χ3v) is 10.3. The lowest BCUT2D eigenvalue weighted by Gasteiger charge is -2.61. The van der Waals surface area contributed by atoms with Crippen molar-refractivity contribution in [3.63, 3.8) is 0 Å². The molecule has 2 bridgehead atoms. The molecule has 0 amide bonds. The van der Waals surface area contributed by atoms with Crippen LogP contribution in [-0.4, -0.2) is 81.1 Å². The van der Waals surface area contributed by atoms with Crippen LogP contribution >= 0.6 is 0 Å². The first-order chi connectivity index (χ1) is 18.7. The van der Waals surface area contributed by atoms with E-state index in [4.69, 9.17) is 14.2 Å². The van der Waals surface area contributed by atoms with Crippen LogP contribution in [0.2, 0.25) is 0 Å². The van der Waals surface area contributed by atoms with Crippen molar-refractivity contribution in [1.82, 2.24) is 0 Å². The molecule has 4 N–H and O–H groups in total. The predicted molar refractivity (Wildman–Crippen MR) is 142 cm³/mol. The Morgan fingerprint density at radius 3 is 2.45 bits per heavy atom. The van der Waals surface area contributed by atoms with Gasteiger partial charge in [0, 0.05) is 22.8 Å². The SMILES string of the molecule is CC(=O)C[C@]12CCC(C)=CC[C@]13CC[C@@]2(C)[C@@](C)(C=CC=C(C)C(=O)O[C@@H]1O[C@H](CO)[C@@H](O)[C@H](O)[C@H]1O)OC3=O. The van der Waals surface area contributed by atoms with Crippen LogP contribution in [0.5, 0.6) is 0 Å². The molecule has 1 saturated carbocycles. The second-order valence-electron chi connectivity index (χ2n) is 12.4. The van der Waals surface area contributed by atoms with E-state index in [1.54, 1.807) is 19.1 Å². The lowest BCUT2D eigenvalue weighted by molar-refractivity contribution is -0.291. The summed E-state index contributed by atoms with van der Waals surface area (Å²) in [6.07, 6.45) is 2.99. The molecule has 222 valence electrons. The Morgan fingerprint density at radius 2 is 1.80 bits per heavy atom. The molecule has 2 saturated heterocycles. The summed E-state index contributed by atoms with van der Waals surface area (Å²) in [4.78, 5) is 39.2. The average molecular weight is 563 g/mol. The van der Waals surface area contributed by atoms with Gasteiger partial charge in [-0.25, -0.2) is 4.79 Å². The summed E-state index contributed by atoms with van der Waals surface area (Å²) in [6.45, 7) is 8.46. The van der Waals surface area contributed by atoms with Crippen molar-refractivity contribution in [2.45, 2.75) is 109 Å². The van der Waals surface area contributed by atoms with Gasteiger partial charge in [-0.05, 0) is 65.9 Å². The van der Waals surface area contributed by atoms with Crippen LogP contribution < -0.4 is 0 Å². The molecule has 2 heterocycles. The Bertz CT molecular complexity index is 1140. The summed E-state index contributed by atoms with van der Waals surface area (Å²) in [7, 11) is 0. The number of Topliss-reactive ketones (excluding diaryl/α,β-unsaturated/α-hetero) is 1. The van der Waals surface area contributed by atoms with Gasteiger partial charge >= 0.3 is 11.9 Å². The quantitative estimate of drug-likeness (QED) is 0.156. The summed E-state index contributed by atoms with van der Waals surface area (Å²) in [5, 5.41) is 39.4. The molecule has 0 radical (unpaired) electrons. The topological polar surface area (TPSA) is 160 Å². The molecule has 2 aliphatic heterocycles. The lowest BCUT2D eigenvalue weighted by atomic mass is 9.46. The highest BCUT2D eigenvalue weighted by Crippen LogP contribution is 2.76. The molecule has 4 rings (SSSR count). The molecule has 3 fully saturated rings. The molecule has 9 atom stereocenters. The summed E-state index contributed by atoms with van der Waals surface area (Å²) in [5.41, 5.74) is -1.56. The molecule has 40 heavy (non-hydrogen) atoms. The number of aliphatic hydroxyl groups excluding tert-OH is 4. The Morgan fingerprint density at radius 1 is 1.10 bits per heavy atom. The smallest absolute Gasteiger partial charge is 0.336 e. The number of carbonyl (C=O) groups is 3. The van der Waals surface area contributed by atoms with Gasteiger partial charge in [-0.1, -0.05) is 30.7 Å². The van der Waals surface area contributed by atoms with Crippen molar-refractivity contribution < 1.29 is 49.0 Å². The maximum atomic E-state index is 13.8. The number of hydrogen-bond donors (Lipinski definition) is 4. The van der Waals surface area contributed by atoms with E-state index < -0.39 is 65.1 Å². The van der Waals surface area contributed by atoms with Gasteiger partial charge in [-0.15, -0.1) is 0 Å². The van der Waals surface area contributed by atoms with Gasteiger partial charge < -0.3 is 39.4 Å². The van der Waals surface area contributed by atoms with E-state index >= 15 is 0 Å². The van der Waals surface area contributed by atoms with Crippen LogP contribution in [0.25, 0.3) is 0 Å². The van der Waals surface area contributed by atoms with Crippen molar-refractivity contribution in [2.75, 3.05) is 6.61 Å². The van der Waals surface area contributed by atoms with Gasteiger partial charge in [0.1, 0.15) is 35.8 Å². The molecular formula is C30H42O10. The zero-order valence-electron chi connectivity index (χ0n) is 23.9. The zero-order valence-corrected chi connectivity index (χ0v) is 23.9. The lowest BCUT2D eigenvalue weighted by Crippen LogP contribution is -2.65. The Hall–Kier alpha value is -2.37. The van der Waals surface area contributed by atoms with Crippen molar-refractivity contribution >= 4 is 17.7 Å². The number of carbonyl (C=O) groups excluding carboxylic acids is 3. The summed E-state index contributed by atoms with van der Waals surface area (Å²) in [5.74, 6) is -1.08. The van der Waals surface area contributed by atoms with E-state index in [-0.39, 0.29) is 17.3 Å². The first kappa shape index (κ1) is 30.6. The van der Waals surface area contributed by atoms with E-state index in [0.717, 1.165) is 6.42 Å². The first-order valence-electron chi connectivity index (χ1n) is 13.9. The maximum Gasteiger partial charge on any atom is 0.336 e. The standard InChI is InChI=1S/C30H42O10/c1-17-8-11-29-14-13-27(4,30(29,12-9-17)15-19(3)32)28(5,40-26(29)37)10-6-7-18(2)24(36)39-25-23(35)22(34)21(33)20(16-31)38-25/h6-8,10,20-23,25,31,33-35H,9,11-16H2,1-5H3/t20-,21-,22+,23-,25+,27+,28-,29-,30+/m1/s1. The molecule has 0 aromatic heterocycles. The third-order valence-electron chi connectivity index (χ3n) is 10.3. The minimum absolute atomic E-state index is 0.0461. The highest BCUT2D eigenvalue weighted by Gasteiger charge is 2.77. The van der Waals surface area contributed by atoms with Crippen LogP contribution in [0.1, 0.15) is 73.1 Å². The van der Waals surface area contributed by atoms with E-state index in [9.17, 15) is 34.8 Å². The van der Waals surface area contributed by atoms with Gasteiger partial charge in [-0.2, -0.15) is 0 Å². The van der Waals surface area contributed by atoms with Gasteiger partial charge in [0.15, 0.2) is 0 Å². The second-order valence-corrected chi connectivity index (χ2v) is 12.4. The van der Waals surface area contributed by atoms with Gasteiger partial charge in [0.05, 0.1) is 12.0 Å². The Kier molecular flexibility index (Phi) is 8.26. The van der Waals surface area contributed by atoms with Crippen LogP contribution in [0.15, 0.2) is 35.5 Å². The number of hydrogen-bond acceptors (Lipinski definition) is 10. The molecule has 2 aliphatic carbocycles. The van der Waals surface area contributed by atoms with Crippen molar-refractivity contribution in [1.29, 1.82) is 0 Å². The van der Waals surface area contributed by atoms with Crippen molar-refractivity contribution in [3.05, 3.63) is 35.5 Å².